The van der Waals surface area contributed by atoms with E-state index in [2.05, 4.69) is 14.7 Å². The van der Waals surface area contributed by atoms with E-state index in [1.165, 1.54) is 0 Å². The number of benzene rings is 1. The first-order valence-corrected chi connectivity index (χ1v) is 8.25. The number of fused-ring (bicyclic) bond motifs is 1. The van der Waals surface area contributed by atoms with Crippen molar-refractivity contribution in [2.75, 3.05) is 19.8 Å². The van der Waals surface area contributed by atoms with Crippen molar-refractivity contribution >= 4 is 17.1 Å². The molecule has 2 heterocycles. The Morgan fingerprint density at radius 2 is 1.96 bits per heavy atom. The van der Waals surface area contributed by atoms with Crippen molar-refractivity contribution in [2.24, 2.45) is 0 Å². The van der Waals surface area contributed by atoms with E-state index in [4.69, 9.17) is 0 Å². The molecule has 1 aliphatic heterocycles. The van der Waals surface area contributed by atoms with Gasteiger partial charge in [0.05, 0.1) is 24.2 Å². The summed E-state index contributed by atoms with van der Waals surface area (Å²) in [7, 11) is 0. The van der Waals surface area contributed by atoms with E-state index in [0.29, 0.717) is 22.4 Å². The third-order valence-electron chi connectivity index (χ3n) is 4.10. The molecule has 0 saturated carbocycles. The number of halogens is 6. The lowest BCUT2D eigenvalue weighted by Crippen LogP contribution is -2.40. The molecule has 1 atom stereocenters. The van der Waals surface area contributed by atoms with Gasteiger partial charge in [-0.3, -0.25) is 0 Å². The number of H-pyrrole nitrogens is 1. The third-order valence-corrected chi connectivity index (χ3v) is 4.10. The Morgan fingerprint density at radius 1 is 1.21 bits per heavy atom. The maximum atomic E-state index is 12.7. The van der Waals surface area contributed by atoms with Crippen LogP contribution in [0.25, 0.3) is 11.0 Å². The van der Waals surface area contributed by atoms with Crippen LogP contribution in [0.4, 0.5) is 31.1 Å². The molecule has 1 aromatic heterocycles. The van der Waals surface area contributed by atoms with Crippen molar-refractivity contribution in [2.45, 2.75) is 31.4 Å². The van der Waals surface area contributed by atoms with Crippen LogP contribution < -0.4 is 5.32 Å². The second-order valence-corrected chi connectivity index (χ2v) is 6.38. The zero-order chi connectivity index (χ0) is 20.5. The van der Waals surface area contributed by atoms with Crippen molar-refractivity contribution < 1.29 is 35.9 Å². The highest BCUT2D eigenvalue weighted by Crippen LogP contribution is 2.25. The summed E-state index contributed by atoms with van der Waals surface area (Å²) in [5, 5.41) is 1.89. The summed E-state index contributed by atoms with van der Waals surface area (Å²) in [5.41, 5.74) is 1.71. The SMILES string of the molecule is O=C1NC(C(F)(F)F)CN1Cc1ccc2nc(CCOCC(F)(F)F)[nH]c2c1. The normalized spacial score (nSPS) is 18.1. The van der Waals surface area contributed by atoms with Crippen LogP contribution in [-0.4, -0.2) is 59.1 Å². The molecular formula is C16H16F6N4O2. The molecule has 0 aliphatic carbocycles. The number of amides is 2. The Labute approximate surface area is 154 Å². The maximum Gasteiger partial charge on any atom is 0.411 e. The molecule has 0 bridgehead atoms. The Kier molecular flexibility index (Phi) is 5.41. The molecule has 1 aromatic carbocycles. The average Bonchev–Trinajstić information content (AvgIpc) is 3.14. The number of rotatable bonds is 6. The number of alkyl halides is 6. The lowest BCUT2D eigenvalue weighted by Gasteiger charge is -2.16. The number of nitrogens with one attached hydrogen (secondary N) is 2. The van der Waals surface area contributed by atoms with Crippen LogP contribution in [0.5, 0.6) is 0 Å². The van der Waals surface area contributed by atoms with Gasteiger partial charge in [0, 0.05) is 13.0 Å². The van der Waals surface area contributed by atoms with Gasteiger partial charge in [0.2, 0.25) is 0 Å². The smallest absolute Gasteiger partial charge is 0.372 e. The molecule has 1 unspecified atom stereocenters. The fraction of sp³-hybridized carbons (Fsp3) is 0.500. The number of hydrogen-bond donors (Lipinski definition) is 2. The molecule has 12 heteroatoms. The van der Waals surface area contributed by atoms with Crippen molar-refractivity contribution in [1.82, 2.24) is 20.2 Å². The summed E-state index contributed by atoms with van der Waals surface area (Å²) in [4.78, 5) is 19.9. The first kappa shape index (κ1) is 20.2. The summed E-state index contributed by atoms with van der Waals surface area (Å²) in [6.07, 6.45) is -8.77. The summed E-state index contributed by atoms with van der Waals surface area (Å²) >= 11 is 0. The van der Waals surface area contributed by atoms with E-state index in [-0.39, 0.29) is 19.6 Å². The molecule has 0 radical (unpaired) electrons. The van der Waals surface area contributed by atoms with Gasteiger partial charge in [0.25, 0.3) is 0 Å². The average molecular weight is 410 g/mol. The molecule has 3 rings (SSSR count). The Bertz CT molecular complexity index is 848. The van der Waals surface area contributed by atoms with E-state index in [9.17, 15) is 31.1 Å². The Balaban J connectivity index is 1.61. The van der Waals surface area contributed by atoms with Crippen LogP contribution >= 0.6 is 0 Å². The lowest BCUT2D eigenvalue weighted by molar-refractivity contribution is -0.173. The Morgan fingerprint density at radius 3 is 2.61 bits per heavy atom. The third kappa shape index (κ3) is 5.06. The zero-order valence-corrected chi connectivity index (χ0v) is 14.3. The topological polar surface area (TPSA) is 70.2 Å². The van der Waals surface area contributed by atoms with Crippen LogP contribution in [-0.2, 0) is 17.7 Å². The summed E-state index contributed by atoms with van der Waals surface area (Å²) in [6.45, 7) is -2.00. The van der Waals surface area contributed by atoms with Crippen molar-refractivity contribution in [1.29, 1.82) is 0 Å². The number of hydrogen-bond acceptors (Lipinski definition) is 3. The van der Waals surface area contributed by atoms with E-state index in [1.54, 1.807) is 18.2 Å². The van der Waals surface area contributed by atoms with E-state index in [0.717, 1.165) is 4.90 Å². The van der Waals surface area contributed by atoms with Gasteiger partial charge >= 0.3 is 18.4 Å². The highest BCUT2D eigenvalue weighted by Gasteiger charge is 2.46. The molecule has 2 N–H and O–H groups in total. The quantitative estimate of drug-likeness (QED) is 0.568. The largest absolute Gasteiger partial charge is 0.411 e. The summed E-state index contributed by atoms with van der Waals surface area (Å²) in [5.74, 6) is 0.422. The lowest BCUT2D eigenvalue weighted by atomic mass is 10.2. The fourth-order valence-electron chi connectivity index (χ4n) is 2.81. The van der Waals surface area contributed by atoms with Crippen LogP contribution in [0.15, 0.2) is 18.2 Å². The number of carbonyl (C=O) groups excluding carboxylic acids is 1. The molecule has 1 saturated heterocycles. The maximum absolute atomic E-state index is 12.7. The summed E-state index contributed by atoms with van der Waals surface area (Å²) in [6, 6.07) is 2.18. The molecule has 1 fully saturated rings. The first-order valence-electron chi connectivity index (χ1n) is 8.25. The number of aromatic nitrogens is 2. The zero-order valence-electron chi connectivity index (χ0n) is 14.3. The van der Waals surface area contributed by atoms with Gasteiger partial charge in [-0.25, -0.2) is 9.78 Å². The van der Waals surface area contributed by atoms with Crippen molar-refractivity contribution in [3.8, 4) is 0 Å². The molecule has 6 nitrogen and oxygen atoms in total. The van der Waals surface area contributed by atoms with Gasteiger partial charge < -0.3 is 19.9 Å². The van der Waals surface area contributed by atoms with Crippen molar-refractivity contribution in [3.63, 3.8) is 0 Å². The predicted octanol–water partition coefficient (Wildman–Crippen LogP) is 3.14. The number of aromatic amines is 1. The number of carbonyl (C=O) groups is 1. The van der Waals surface area contributed by atoms with E-state index >= 15 is 0 Å². The molecule has 28 heavy (non-hydrogen) atoms. The minimum Gasteiger partial charge on any atom is -0.372 e. The molecule has 0 spiro atoms. The van der Waals surface area contributed by atoms with Crippen LogP contribution in [0.2, 0.25) is 0 Å². The molecule has 2 aromatic rings. The van der Waals surface area contributed by atoms with Gasteiger partial charge in [-0.15, -0.1) is 0 Å². The fourth-order valence-corrected chi connectivity index (χ4v) is 2.81. The van der Waals surface area contributed by atoms with E-state index in [1.807, 2.05) is 5.32 Å². The number of nitrogens with zero attached hydrogens (tertiary/aromatic N) is 2. The highest BCUT2D eigenvalue weighted by atomic mass is 19.4. The minimum atomic E-state index is -4.51. The number of urea groups is 1. The molecule has 2 amide bonds. The standard InChI is InChI=1S/C16H16F6N4O2/c17-15(18,19)8-28-4-3-13-23-10-2-1-9(5-11(10)24-13)6-26-7-12(16(20,21)22)25-14(26)27/h1-2,5,12H,3-4,6-8H2,(H,23,24)(H,25,27). The molecule has 154 valence electrons. The van der Waals surface area contributed by atoms with Gasteiger partial charge in [0.15, 0.2) is 0 Å². The summed E-state index contributed by atoms with van der Waals surface area (Å²) < 4.78 is 78.8. The second kappa shape index (κ2) is 7.49. The van der Waals surface area contributed by atoms with Gasteiger partial charge in [-0.05, 0) is 17.7 Å². The van der Waals surface area contributed by atoms with Gasteiger partial charge in [-0.2, -0.15) is 26.3 Å². The second-order valence-electron chi connectivity index (χ2n) is 6.38. The molecular weight excluding hydrogens is 394 g/mol. The number of imidazole rings is 1. The van der Waals surface area contributed by atoms with Gasteiger partial charge in [0.1, 0.15) is 18.5 Å². The van der Waals surface area contributed by atoms with Crippen LogP contribution in [0.3, 0.4) is 0 Å². The van der Waals surface area contributed by atoms with Crippen LogP contribution in [0.1, 0.15) is 11.4 Å². The number of ether oxygens (including phenoxy) is 1. The van der Waals surface area contributed by atoms with E-state index < -0.39 is 37.6 Å². The molecule has 1 aliphatic rings. The van der Waals surface area contributed by atoms with Crippen LogP contribution in [0, 0.1) is 0 Å². The monoisotopic (exact) mass is 410 g/mol. The minimum absolute atomic E-state index is 0.0165. The van der Waals surface area contributed by atoms with Gasteiger partial charge in [-0.1, -0.05) is 6.07 Å². The van der Waals surface area contributed by atoms with Crippen molar-refractivity contribution in [3.05, 3.63) is 29.6 Å². The Hall–Kier alpha value is -2.50. The highest BCUT2D eigenvalue weighted by molar-refractivity contribution is 5.78. The first-order chi connectivity index (χ1) is 13.0. The predicted molar refractivity (Wildman–Crippen MR) is 85.5 cm³/mol.